The van der Waals surface area contributed by atoms with E-state index in [2.05, 4.69) is 18.6 Å². The molecule has 0 aromatic heterocycles. The molecule has 0 bridgehead atoms. The third kappa shape index (κ3) is 2.11. The van der Waals surface area contributed by atoms with Crippen molar-refractivity contribution in [3.63, 3.8) is 0 Å². The van der Waals surface area contributed by atoms with Crippen LogP contribution in [0.4, 0.5) is 0 Å². The summed E-state index contributed by atoms with van der Waals surface area (Å²) in [6, 6.07) is 7.04. The van der Waals surface area contributed by atoms with Gasteiger partial charge in [0, 0.05) is 5.70 Å². The van der Waals surface area contributed by atoms with Gasteiger partial charge in [0.2, 0.25) is 0 Å². The largest absolute Gasteiger partial charge is 0.283 e. The van der Waals surface area contributed by atoms with Crippen molar-refractivity contribution in [3.8, 4) is 0 Å². The highest BCUT2D eigenvalue weighted by atomic mass is 32.2. The zero-order chi connectivity index (χ0) is 11.8. The Hall–Kier alpha value is -1.29. The van der Waals surface area contributed by atoms with Gasteiger partial charge in [0.1, 0.15) is 0 Å². The summed E-state index contributed by atoms with van der Waals surface area (Å²) in [5.74, 6) is 0.430. The van der Waals surface area contributed by atoms with Gasteiger partial charge in [-0.2, -0.15) is 0 Å². The van der Waals surface area contributed by atoms with Crippen molar-refractivity contribution in [2.24, 2.45) is 5.92 Å². The van der Waals surface area contributed by atoms with Crippen LogP contribution in [0.15, 0.2) is 34.9 Å². The molecule has 4 heteroatoms. The van der Waals surface area contributed by atoms with Crippen LogP contribution in [0, 0.1) is 5.92 Å². The van der Waals surface area contributed by atoms with E-state index in [1.165, 1.54) is 0 Å². The number of fused-ring (bicyclic) bond motifs is 1. The van der Waals surface area contributed by atoms with Crippen molar-refractivity contribution in [2.75, 3.05) is 0 Å². The van der Waals surface area contributed by atoms with Crippen LogP contribution in [0.3, 0.4) is 0 Å². The number of rotatable bonds is 2. The van der Waals surface area contributed by atoms with Gasteiger partial charge in [-0.1, -0.05) is 32.0 Å². The molecule has 0 fully saturated rings. The van der Waals surface area contributed by atoms with Crippen molar-refractivity contribution in [1.29, 1.82) is 0 Å². The van der Waals surface area contributed by atoms with Gasteiger partial charge in [0.05, 0.1) is 4.90 Å². The fraction of sp³-hybridized carbons (Fsp3) is 0.333. The van der Waals surface area contributed by atoms with Gasteiger partial charge in [-0.25, -0.2) is 8.42 Å². The Morgan fingerprint density at radius 3 is 2.62 bits per heavy atom. The first-order valence-corrected chi connectivity index (χ1v) is 6.80. The van der Waals surface area contributed by atoms with Crippen molar-refractivity contribution < 1.29 is 8.42 Å². The predicted molar refractivity (Wildman–Crippen MR) is 64.2 cm³/mol. The first-order chi connectivity index (χ1) is 7.49. The molecule has 0 amide bonds. The summed E-state index contributed by atoms with van der Waals surface area (Å²) in [4.78, 5) is 0.363. The Morgan fingerprint density at radius 1 is 1.25 bits per heavy atom. The molecule has 0 radical (unpaired) electrons. The highest BCUT2D eigenvalue weighted by Gasteiger charge is 2.23. The van der Waals surface area contributed by atoms with E-state index in [1.807, 2.05) is 18.2 Å². The van der Waals surface area contributed by atoms with E-state index in [-0.39, 0.29) is 0 Å². The van der Waals surface area contributed by atoms with E-state index >= 15 is 0 Å². The van der Waals surface area contributed by atoms with Crippen molar-refractivity contribution in [1.82, 2.24) is 4.72 Å². The molecule has 1 aliphatic heterocycles. The molecular formula is C12H15NO2S. The van der Waals surface area contributed by atoms with Crippen LogP contribution in [0.5, 0.6) is 0 Å². The van der Waals surface area contributed by atoms with Crippen LogP contribution in [-0.4, -0.2) is 8.42 Å². The molecule has 1 aromatic rings. The molecule has 1 N–H and O–H groups in total. The van der Waals surface area contributed by atoms with Gasteiger partial charge >= 0.3 is 0 Å². The number of benzene rings is 1. The molecular weight excluding hydrogens is 222 g/mol. The van der Waals surface area contributed by atoms with Crippen LogP contribution < -0.4 is 4.72 Å². The molecule has 0 saturated heterocycles. The minimum atomic E-state index is -3.36. The smallest absolute Gasteiger partial charge is 0.262 e. The Morgan fingerprint density at radius 2 is 1.94 bits per heavy atom. The number of nitrogens with one attached hydrogen (secondary N) is 1. The lowest BCUT2D eigenvalue weighted by Crippen LogP contribution is -2.27. The van der Waals surface area contributed by atoms with Crippen LogP contribution in [0.1, 0.15) is 25.8 Å². The lowest BCUT2D eigenvalue weighted by molar-refractivity contribution is 0.576. The van der Waals surface area contributed by atoms with Crippen molar-refractivity contribution in [2.45, 2.75) is 25.2 Å². The summed E-state index contributed by atoms with van der Waals surface area (Å²) in [6.07, 6.45) is 2.66. The molecule has 86 valence electrons. The predicted octanol–water partition coefficient (Wildman–Crippen LogP) is 2.37. The number of allylic oxidation sites excluding steroid dienone is 1. The molecule has 1 aromatic carbocycles. The number of hydrogen-bond acceptors (Lipinski definition) is 2. The Kier molecular flexibility index (Phi) is 2.76. The molecule has 0 aliphatic carbocycles. The van der Waals surface area contributed by atoms with E-state index in [1.54, 1.807) is 12.1 Å². The fourth-order valence-electron chi connectivity index (χ4n) is 1.83. The van der Waals surface area contributed by atoms with Crippen LogP contribution >= 0.6 is 0 Å². The second-order valence-electron chi connectivity index (χ2n) is 4.41. The zero-order valence-electron chi connectivity index (χ0n) is 9.40. The first-order valence-electron chi connectivity index (χ1n) is 5.31. The molecule has 0 unspecified atom stereocenters. The monoisotopic (exact) mass is 237 g/mol. The van der Waals surface area contributed by atoms with E-state index in [0.717, 1.165) is 17.7 Å². The van der Waals surface area contributed by atoms with Gasteiger partial charge in [-0.15, -0.1) is 0 Å². The van der Waals surface area contributed by atoms with E-state index in [9.17, 15) is 8.42 Å². The SMILES string of the molecule is CC(C)CC1=Cc2ccccc2S(=O)(=O)N1. The molecule has 1 aliphatic rings. The minimum Gasteiger partial charge on any atom is -0.283 e. The van der Waals surface area contributed by atoms with E-state index in [0.29, 0.717) is 10.8 Å². The van der Waals surface area contributed by atoms with Gasteiger partial charge in [-0.05, 0) is 30.0 Å². The van der Waals surface area contributed by atoms with Gasteiger partial charge in [-0.3, -0.25) is 4.72 Å². The van der Waals surface area contributed by atoms with Crippen molar-refractivity contribution in [3.05, 3.63) is 35.5 Å². The molecule has 2 rings (SSSR count). The molecule has 16 heavy (non-hydrogen) atoms. The fourth-order valence-corrected chi connectivity index (χ4v) is 3.12. The van der Waals surface area contributed by atoms with Crippen molar-refractivity contribution >= 4 is 16.1 Å². The van der Waals surface area contributed by atoms with Crippen LogP contribution in [-0.2, 0) is 10.0 Å². The summed E-state index contributed by atoms with van der Waals surface area (Å²) >= 11 is 0. The Labute approximate surface area is 96.2 Å². The third-order valence-corrected chi connectivity index (χ3v) is 3.91. The maximum atomic E-state index is 11.9. The van der Waals surface area contributed by atoms with Gasteiger partial charge in [0.25, 0.3) is 10.0 Å². The van der Waals surface area contributed by atoms with E-state index in [4.69, 9.17) is 0 Å². The maximum Gasteiger partial charge on any atom is 0.262 e. The second-order valence-corrected chi connectivity index (χ2v) is 6.06. The van der Waals surface area contributed by atoms with Crippen LogP contribution in [0.2, 0.25) is 0 Å². The molecule has 3 nitrogen and oxygen atoms in total. The minimum absolute atomic E-state index is 0.363. The first kappa shape index (κ1) is 11.2. The highest BCUT2D eigenvalue weighted by Crippen LogP contribution is 2.25. The topological polar surface area (TPSA) is 46.2 Å². The highest BCUT2D eigenvalue weighted by molar-refractivity contribution is 7.89. The number of hydrogen-bond donors (Lipinski definition) is 1. The van der Waals surface area contributed by atoms with Crippen LogP contribution in [0.25, 0.3) is 6.08 Å². The summed E-state index contributed by atoms with van der Waals surface area (Å²) in [5.41, 5.74) is 1.55. The molecule has 0 spiro atoms. The third-order valence-electron chi connectivity index (χ3n) is 2.43. The normalized spacial score (nSPS) is 17.6. The Bertz CT molecular complexity index is 530. The summed E-state index contributed by atoms with van der Waals surface area (Å²) in [7, 11) is -3.36. The Balaban J connectivity index is 2.48. The standard InChI is InChI=1S/C12H15NO2S/c1-9(2)7-11-8-10-5-3-4-6-12(10)16(14,15)13-11/h3-6,8-9,13H,7H2,1-2H3. The molecule has 0 atom stereocenters. The summed E-state index contributed by atoms with van der Waals surface area (Å²) in [5, 5.41) is 0. The summed E-state index contributed by atoms with van der Waals surface area (Å²) < 4.78 is 26.4. The zero-order valence-corrected chi connectivity index (χ0v) is 10.2. The van der Waals surface area contributed by atoms with Gasteiger partial charge < -0.3 is 0 Å². The maximum absolute atomic E-state index is 11.9. The summed E-state index contributed by atoms with van der Waals surface area (Å²) in [6.45, 7) is 4.13. The van der Waals surface area contributed by atoms with Gasteiger partial charge in [0.15, 0.2) is 0 Å². The quantitative estimate of drug-likeness (QED) is 0.858. The second kappa shape index (κ2) is 3.94. The molecule has 1 heterocycles. The number of sulfonamides is 1. The average molecular weight is 237 g/mol. The molecule has 0 saturated carbocycles. The lowest BCUT2D eigenvalue weighted by atomic mass is 10.1. The lowest BCUT2D eigenvalue weighted by Gasteiger charge is -2.20. The van der Waals surface area contributed by atoms with E-state index < -0.39 is 10.0 Å². The average Bonchev–Trinajstić information content (AvgIpc) is 2.15.